The number of pyridine rings is 1. The molecule has 0 aliphatic heterocycles. The monoisotopic (exact) mass is 331 g/mol. The summed E-state index contributed by atoms with van der Waals surface area (Å²) >= 11 is 0. The van der Waals surface area contributed by atoms with Crippen molar-refractivity contribution in [1.29, 1.82) is 0 Å². The zero-order valence-corrected chi connectivity index (χ0v) is 13.7. The van der Waals surface area contributed by atoms with Crippen LogP contribution in [0.3, 0.4) is 0 Å². The number of anilines is 1. The maximum Gasteiger partial charge on any atom is 0.200 e. The molecule has 1 N–H and O–H groups in total. The minimum Gasteiger partial charge on any atom is -0.360 e. The molecule has 0 spiro atoms. The zero-order valence-electron chi connectivity index (χ0n) is 13.7. The molecule has 4 aromatic rings. The van der Waals surface area contributed by atoms with E-state index < -0.39 is 0 Å². The van der Waals surface area contributed by atoms with Crippen LogP contribution in [0.15, 0.2) is 60.8 Å². The van der Waals surface area contributed by atoms with Crippen LogP contribution in [0.5, 0.6) is 0 Å². The Bertz CT molecular complexity index is 964. The van der Waals surface area contributed by atoms with Crippen molar-refractivity contribution in [3.8, 4) is 0 Å². The van der Waals surface area contributed by atoms with E-state index in [1.807, 2.05) is 30.3 Å². The van der Waals surface area contributed by atoms with Crippen LogP contribution in [0.2, 0.25) is 0 Å². The molecule has 0 radical (unpaired) electrons. The van der Waals surface area contributed by atoms with E-state index in [2.05, 4.69) is 62.1 Å². The van der Waals surface area contributed by atoms with E-state index in [0.29, 0.717) is 11.5 Å². The largest absolute Gasteiger partial charge is 0.360 e. The number of rotatable bonds is 5. The second-order valence-corrected chi connectivity index (χ2v) is 5.89. The normalized spacial score (nSPS) is 12.2. The van der Waals surface area contributed by atoms with Crippen molar-refractivity contribution in [2.24, 2.45) is 0 Å². The van der Waals surface area contributed by atoms with Gasteiger partial charge in [-0.25, -0.2) is 0 Å². The van der Waals surface area contributed by atoms with Crippen molar-refractivity contribution in [2.45, 2.75) is 19.4 Å². The molecular formula is C18H17N7. The molecule has 3 aromatic heterocycles. The quantitative estimate of drug-likeness (QED) is 0.605. The number of fused-ring (bicyclic) bond motifs is 1. The average molecular weight is 331 g/mol. The Hall–Kier alpha value is -3.35. The summed E-state index contributed by atoms with van der Waals surface area (Å²) in [5.74, 6) is 0.697. The number of nitrogens with zero attached hydrogens (tertiary/aromatic N) is 6. The standard InChI is InChI=1S/C18H17N7/c1-13-5-7-14(8-6-13)12-16(15-4-2-3-11-19-15)20-17-9-10-18-21-23-24-25(18)22-17/h2-11,16H,12H2,1H3,(H,20,22). The van der Waals surface area contributed by atoms with Gasteiger partial charge in [-0.05, 0) is 53.6 Å². The van der Waals surface area contributed by atoms with Crippen molar-refractivity contribution < 1.29 is 0 Å². The summed E-state index contributed by atoms with van der Waals surface area (Å²) in [4.78, 5) is 4.50. The SMILES string of the molecule is Cc1ccc(CC(Nc2ccc3nnnn3n2)c2ccccn2)cc1. The van der Waals surface area contributed by atoms with Gasteiger partial charge in [-0.2, -0.15) is 0 Å². The lowest BCUT2D eigenvalue weighted by Gasteiger charge is -2.19. The molecule has 0 aliphatic rings. The van der Waals surface area contributed by atoms with Crippen LogP contribution in [-0.4, -0.2) is 30.2 Å². The van der Waals surface area contributed by atoms with E-state index in [-0.39, 0.29) is 6.04 Å². The summed E-state index contributed by atoms with van der Waals surface area (Å²) in [6.07, 6.45) is 2.60. The van der Waals surface area contributed by atoms with E-state index in [4.69, 9.17) is 0 Å². The van der Waals surface area contributed by atoms with Crippen molar-refractivity contribution in [3.63, 3.8) is 0 Å². The highest BCUT2D eigenvalue weighted by atomic mass is 15.6. The van der Waals surface area contributed by atoms with Crippen molar-refractivity contribution in [2.75, 3.05) is 5.32 Å². The molecule has 1 unspecified atom stereocenters. The second-order valence-electron chi connectivity index (χ2n) is 5.89. The fraction of sp³-hybridized carbons (Fsp3) is 0.167. The fourth-order valence-electron chi connectivity index (χ4n) is 2.68. The topological polar surface area (TPSA) is 80.9 Å². The Kier molecular flexibility index (Phi) is 4.04. The van der Waals surface area contributed by atoms with E-state index in [0.717, 1.165) is 12.1 Å². The van der Waals surface area contributed by atoms with E-state index >= 15 is 0 Å². The first kappa shape index (κ1) is 15.2. The lowest BCUT2D eigenvalue weighted by molar-refractivity contribution is 0.706. The van der Waals surface area contributed by atoms with E-state index in [9.17, 15) is 0 Å². The van der Waals surface area contributed by atoms with Crippen LogP contribution in [0.1, 0.15) is 22.9 Å². The third-order valence-electron chi connectivity index (χ3n) is 4.00. The Morgan fingerprint density at radius 1 is 1.04 bits per heavy atom. The van der Waals surface area contributed by atoms with Gasteiger partial charge in [-0.1, -0.05) is 35.9 Å². The molecule has 0 saturated heterocycles. The summed E-state index contributed by atoms with van der Waals surface area (Å²) in [6.45, 7) is 2.09. The summed E-state index contributed by atoms with van der Waals surface area (Å²) in [5, 5.41) is 19.2. The van der Waals surface area contributed by atoms with Gasteiger partial charge in [-0.15, -0.1) is 14.8 Å². The summed E-state index contributed by atoms with van der Waals surface area (Å²) in [7, 11) is 0. The molecule has 25 heavy (non-hydrogen) atoms. The Morgan fingerprint density at radius 3 is 2.72 bits per heavy atom. The van der Waals surface area contributed by atoms with Gasteiger partial charge in [0.15, 0.2) is 5.65 Å². The minimum absolute atomic E-state index is 0.00895. The number of nitrogens with one attached hydrogen (secondary N) is 1. The molecule has 0 aliphatic carbocycles. The molecule has 0 fully saturated rings. The molecule has 7 nitrogen and oxygen atoms in total. The lowest BCUT2D eigenvalue weighted by Crippen LogP contribution is -2.16. The number of hydrogen-bond acceptors (Lipinski definition) is 6. The number of tetrazole rings is 1. The Balaban J connectivity index is 1.63. The van der Waals surface area contributed by atoms with Gasteiger partial charge in [0.05, 0.1) is 11.7 Å². The van der Waals surface area contributed by atoms with Crippen LogP contribution < -0.4 is 5.32 Å². The summed E-state index contributed by atoms with van der Waals surface area (Å²) in [5.41, 5.74) is 4.05. The molecule has 1 atom stereocenters. The predicted molar refractivity (Wildman–Crippen MR) is 94.1 cm³/mol. The van der Waals surface area contributed by atoms with Gasteiger partial charge >= 0.3 is 0 Å². The van der Waals surface area contributed by atoms with Crippen LogP contribution >= 0.6 is 0 Å². The first-order valence-electron chi connectivity index (χ1n) is 8.06. The average Bonchev–Trinajstić information content (AvgIpc) is 3.11. The molecule has 0 bridgehead atoms. The van der Waals surface area contributed by atoms with Gasteiger partial charge in [0, 0.05) is 6.20 Å². The van der Waals surface area contributed by atoms with Gasteiger partial charge in [0.2, 0.25) is 0 Å². The molecule has 124 valence electrons. The maximum atomic E-state index is 4.50. The van der Waals surface area contributed by atoms with E-state index in [1.54, 1.807) is 6.20 Å². The van der Waals surface area contributed by atoms with Crippen LogP contribution in [0, 0.1) is 6.92 Å². The van der Waals surface area contributed by atoms with E-state index in [1.165, 1.54) is 15.8 Å². The van der Waals surface area contributed by atoms with Crippen molar-refractivity contribution in [3.05, 3.63) is 77.6 Å². The van der Waals surface area contributed by atoms with Crippen molar-refractivity contribution >= 4 is 11.5 Å². The Labute approximate surface area is 144 Å². The molecule has 4 rings (SSSR count). The Morgan fingerprint density at radius 2 is 1.92 bits per heavy atom. The van der Waals surface area contributed by atoms with Crippen molar-refractivity contribution in [1.82, 2.24) is 30.2 Å². The number of benzene rings is 1. The first-order valence-corrected chi connectivity index (χ1v) is 8.06. The highest BCUT2D eigenvalue weighted by Gasteiger charge is 2.15. The molecule has 7 heteroatoms. The fourth-order valence-corrected chi connectivity index (χ4v) is 2.68. The number of hydrogen-bond donors (Lipinski definition) is 1. The molecule has 3 heterocycles. The van der Waals surface area contributed by atoms with Crippen LogP contribution in [0.4, 0.5) is 5.82 Å². The highest BCUT2D eigenvalue weighted by molar-refractivity contribution is 5.44. The minimum atomic E-state index is -0.00895. The molecular weight excluding hydrogens is 314 g/mol. The van der Waals surface area contributed by atoms with Gasteiger partial charge in [0.1, 0.15) is 5.82 Å². The maximum absolute atomic E-state index is 4.50. The smallest absolute Gasteiger partial charge is 0.200 e. The van der Waals surface area contributed by atoms with Gasteiger partial charge < -0.3 is 5.32 Å². The first-order chi connectivity index (χ1) is 12.3. The molecule has 0 amide bonds. The third kappa shape index (κ3) is 3.45. The van der Waals surface area contributed by atoms with Gasteiger partial charge in [0.25, 0.3) is 0 Å². The predicted octanol–water partition coefficient (Wildman–Crippen LogP) is 2.62. The second kappa shape index (κ2) is 6.64. The number of aromatic nitrogens is 6. The highest BCUT2D eigenvalue weighted by Crippen LogP contribution is 2.21. The number of aryl methyl sites for hydroxylation is 1. The third-order valence-corrected chi connectivity index (χ3v) is 4.00. The molecule has 0 saturated carbocycles. The summed E-state index contributed by atoms with van der Waals surface area (Å²) in [6, 6.07) is 18.1. The summed E-state index contributed by atoms with van der Waals surface area (Å²) < 4.78 is 1.41. The van der Waals surface area contributed by atoms with Gasteiger partial charge in [-0.3, -0.25) is 4.98 Å². The molecule has 1 aromatic carbocycles. The van der Waals surface area contributed by atoms with Crippen LogP contribution in [0.25, 0.3) is 5.65 Å². The lowest BCUT2D eigenvalue weighted by atomic mass is 10.0. The van der Waals surface area contributed by atoms with Crippen LogP contribution in [-0.2, 0) is 6.42 Å². The zero-order chi connectivity index (χ0) is 17.1.